The zero-order chi connectivity index (χ0) is 21.7. The number of aliphatic hydroxyl groups excluding tert-OH is 1. The van der Waals surface area contributed by atoms with Crippen molar-refractivity contribution in [3.05, 3.63) is 0 Å². The summed E-state index contributed by atoms with van der Waals surface area (Å²) in [6.07, 6.45) is 1.91. The number of rotatable bonds is 7. The number of hydrogen-bond donors (Lipinski definition) is 3. The molecule has 8 heteroatoms. The molecular weight excluding hydrogens is 374 g/mol. The molecule has 3 rings (SSSR count). The summed E-state index contributed by atoms with van der Waals surface area (Å²) in [6, 6.07) is -1.46. The molecule has 1 spiro atoms. The number of carbonyl (C=O) groups excluding carboxylic acids is 3. The third-order valence-electron chi connectivity index (χ3n) is 7.27. The van der Waals surface area contributed by atoms with Gasteiger partial charge < -0.3 is 25.4 Å². The van der Waals surface area contributed by atoms with Crippen LogP contribution in [0.1, 0.15) is 53.9 Å². The van der Waals surface area contributed by atoms with E-state index >= 15 is 0 Å². The van der Waals surface area contributed by atoms with Crippen molar-refractivity contribution < 1.29 is 24.2 Å². The first-order valence-corrected chi connectivity index (χ1v) is 10.7. The number of likely N-dealkylation sites (tertiary alicyclic amines) is 1. The second-order valence-electron chi connectivity index (χ2n) is 9.39. The first kappa shape index (κ1) is 22.0. The maximum atomic E-state index is 13.7. The molecule has 2 bridgehead atoms. The molecule has 0 saturated carbocycles. The lowest BCUT2D eigenvalue weighted by molar-refractivity contribution is -0.151. The Hall–Kier alpha value is -1.67. The smallest absolute Gasteiger partial charge is 0.246 e. The summed E-state index contributed by atoms with van der Waals surface area (Å²) in [5.74, 6) is -2.14. The Balaban J connectivity index is 2.12. The van der Waals surface area contributed by atoms with Crippen LogP contribution in [0.15, 0.2) is 0 Å². The van der Waals surface area contributed by atoms with Crippen LogP contribution in [0.4, 0.5) is 0 Å². The normalized spacial score (nSPS) is 37.6. The summed E-state index contributed by atoms with van der Waals surface area (Å²) < 4.78 is 6.47. The number of carbonyl (C=O) groups is 3. The molecule has 0 aromatic carbocycles. The van der Waals surface area contributed by atoms with E-state index in [4.69, 9.17) is 4.74 Å². The molecule has 3 aliphatic rings. The Morgan fingerprint density at radius 2 is 1.93 bits per heavy atom. The summed E-state index contributed by atoms with van der Waals surface area (Å²) >= 11 is 0. The molecule has 3 fully saturated rings. The van der Waals surface area contributed by atoms with Crippen molar-refractivity contribution in [3.63, 3.8) is 0 Å². The van der Waals surface area contributed by atoms with Crippen molar-refractivity contribution in [2.24, 2.45) is 17.8 Å². The molecule has 29 heavy (non-hydrogen) atoms. The lowest BCUT2D eigenvalue weighted by atomic mass is 9.66. The molecule has 0 radical (unpaired) electrons. The molecule has 3 heterocycles. The van der Waals surface area contributed by atoms with Gasteiger partial charge in [-0.15, -0.1) is 0 Å². The molecule has 3 amide bonds. The Morgan fingerprint density at radius 3 is 2.45 bits per heavy atom. The van der Waals surface area contributed by atoms with Gasteiger partial charge in [-0.05, 0) is 39.5 Å². The van der Waals surface area contributed by atoms with Gasteiger partial charge in [0.2, 0.25) is 17.7 Å². The third-order valence-corrected chi connectivity index (χ3v) is 7.27. The fraction of sp³-hybridized carbons (Fsp3) is 0.857. The van der Waals surface area contributed by atoms with Crippen LogP contribution in [0, 0.1) is 17.8 Å². The van der Waals surface area contributed by atoms with Crippen LogP contribution in [0.25, 0.3) is 0 Å². The van der Waals surface area contributed by atoms with E-state index in [2.05, 4.69) is 10.6 Å². The molecule has 2 unspecified atom stereocenters. The monoisotopic (exact) mass is 409 g/mol. The number of amides is 3. The largest absolute Gasteiger partial charge is 0.394 e. The Labute approximate surface area is 172 Å². The van der Waals surface area contributed by atoms with Crippen LogP contribution >= 0.6 is 0 Å². The number of hydrogen-bond acceptors (Lipinski definition) is 5. The van der Waals surface area contributed by atoms with Crippen molar-refractivity contribution in [2.45, 2.75) is 83.2 Å². The molecule has 0 aromatic rings. The summed E-state index contributed by atoms with van der Waals surface area (Å²) in [6.45, 7) is 9.33. The molecular formula is C21H35N3O5. The highest BCUT2D eigenvalue weighted by atomic mass is 16.5. The predicted octanol–water partition coefficient (Wildman–Crippen LogP) is 0.429. The second-order valence-corrected chi connectivity index (χ2v) is 9.39. The third kappa shape index (κ3) is 3.06. The minimum Gasteiger partial charge on any atom is -0.394 e. The lowest BCUT2D eigenvalue weighted by Gasteiger charge is -2.39. The van der Waals surface area contributed by atoms with E-state index in [1.165, 1.54) is 4.90 Å². The zero-order valence-electron chi connectivity index (χ0n) is 18.3. The van der Waals surface area contributed by atoms with Crippen LogP contribution in [-0.4, -0.2) is 70.7 Å². The van der Waals surface area contributed by atoms with Crippen LogP contribution in [-0.2, 0) is 19.1 Å². The summed E-state index contributed by atoms with van der Waals surface area (Å²) in [7, 11) is 1.56. The van der Waals surface area contributed by atoms with Crippen LogP contribution in [0.2, 0.25) is 0 Å². The predicted molar refractivity (Wildman–Crippen MR) is 107 cm³/mol. The number of nitrogens with one attached hydrogen (secondary N) is 2. The van der Waals surface area contributed by atoms with Gasteiger partial charge in [0.05, 0.1) is 30.1 Å². The zero-order valence-corrected chi connectivity index (χ0v) is 18.3. The fourth-order valence-corrected chi connectivity index (χ4v) is 5.75. The van der Waals surface area contributed by atoms with Gasteiger partial charge in [0.1, 0.15) is 11.6 Å². The molecule has 3 saturated heterocycles. The quantitative estimate of drug-likeness (QED) is 0.565. The second kappa shape index (κ2) is 7.54. The van der Waals surface area contributed by atoms with Gasteiger partial charge >= 0.3 is 0 Å². The van der Waals surface area contributed by atoms with Gasteiger partial charge in [-0.25, -0.2) is 0 Å². The first-order chi connectivity index (χ1) is 13.6. The van der Waals surface area contributed by atoms with E-state index in [-0.39, 0.29) is 36.3 Å². The van der Waals surface area contributed by atoms with Crippen LogP contribution in [0.5, 0.6) is 0 Å². The molecule has 0 aliphatic carbocycles. The van der Waals surface area contributed by atoms with Crippen molar-refractivity contribution in [3.8, 4) is 0 Å². The van der Waals surface area contributed by atoms with Crippen molar-refractivity contribution >= 4 is 17.7 Å². The van der Waals surface area contributed by atoms with Gasteiger partial charge in [0.25, 0.3) is 0 Å². The van der Waals surface area contributed by atoms with Gasteiger partial charge in [0, 0.05) is 13.1 Å². The highest BCUT2D eigenvalue weighted by Crippen LogP contribution is 2.63. The van der Waals surface area contributed by atoms with Gasteiger partial charge in [0.15, 0.2) is 0 Å². The van der Waals surface area contributed by atoms with Crippen LogP contribution in [0.3, 0.4) is 0 Å². The Kier molecular flexibility index (Phi) is 5.73. The molecule has 7 atom stereocenters. The molecule has 0 aromatic heterocycles. The number of aliphatic hydroxyl groups is 1. The van der Waals surface area contributed by atoms with Gasteiger partial charge in [-0.2, -0.15) is 0 Å². The lowest BCUT2D eigenvalue weighted by Crippen LogP contribution is -2.59. The topological polar surface area (TPSA) is 108 Å². The summed E-state index contributed by atoms with van der Waals surface area (Å²) in [5.41, 5.74) is -1.81. The summed E-state index contributed by atoms with van der Waals surface area (Å²) in [4.78, 5) is 41.4. The molecule has 8 nitrogen and oxygen atoms in total. The van der Waals surface area contributed by atoms with E-state index in [1.54, 1.807) is 7.05 Å². The van der Waals surface area contributed by atoms with E-state index < -0.39 is 35.1 Å². The molecule has 164 valence electrons. The Bertz CT molecular complexity index is 698. The maximum Gasteiger partial charge on any atom is 0.246 e. The van der Waals surface area contributed by atoms with E-state index in [9.17, 15) is 19.5 Å². The minimum atomic E-state index is -1.04. The van der Waals surface area contributed by atoms with Gasteiger partial charge in [-0.3, -0.25) is 14.4 Å². The number of fused-ring (bicyclic) bond motifs is 1. The minimum absolute atomic E-state index is 0.000218. The first-order valence-electron chi connectivity index (χ1n) is 10.7. The Morgan fingerprint density at radius 1 is 1.28 bits per heavy atom. The van der Waals surface area contributed by atoms with Gasteiger partial charge in [-0.1, -0.05) is 20.3 Å². The standard InChI is InChI=1S/C21H35N3O5/c1-7-12(4)13(10-25)24-16(18(27)23-11(2)3)21-9-8-20(5,29-21)14(17(26)22-6)15(21)19(24)28/h11-16,25H,7-10H2,1-6H3,(H,22,26)(H,23,27)/t12-,13-,14+,15-,16?,20-,21?/m0/s1. The SMILES string of the molecule is CC[C@H](C)[C@H](CO)N1C(=O)[C@@H]2[C@H](C(=O)NC)[C@]3(C)CCC2(O3)C1C(=O)NC(C)C. The average molecular weight is 410 g/mol. The van der Waals surface area contributed by atoms with Crippen LogP contribution < -0.4 is 10.6 Å². The van der Waals surface area contributed by atoms with Crippen molar-refractivity contribution in [2.75, 3.05) is 13.7 Å². The highest BCUT2D eigenvalue weighted by Gasteiger charge is 2.78. The van der Waals surface area contributed by atoms with E-state index in [1.807, 2.05) is 34.6 Å². The highest BCUT2D eigenvalue weighted by molar-refractivity contribution is 5.99. The molecule has 3 N–H and O–H groups in total. The summed E-state index contributed by atoms with van der Waals surface area (Å²) in [5, 5.41) is 15.8. The number of nitrogens with zero attached hydrogens (tertiary/aromatic N) is 1. The molecule has 3 aliphatic heterocycles. The van der Waals surface area contributed by atoms with E-state index in [0.717, 1.165) is 6.42 Å². The number of ether oxygens (including phenoxy) is 1. The van der Waals surface area contributed by atoms with Crippen molar-refractivity contribution in [1.29, 1.82) is 0 Å². The average Bonchev–Trinajstić information content (AvgIpc) is 3.22. The maximum absolute atomic E-state index is 13.7. The fourth-order valence-electron chi connectivity index (χ4n) is 5.75. The van der Waals surface area contributed by atoms with Crippen molar-refractivity contribution in [1.82, 2.24) is 15.5 Å². The van der Waals surface area contributed by atoms with E-state index in [0.29, 0.717) is 12.8 Å².